The van der Waals surface area contributed by atoms with E-state index in [1.807, 2.05) is 19.1 Å². The molecule has 0 saturated heterocycles. The summed E-state index contributed by atoms with van der Waals surface area (Å²) >= 11 is 11.7. The average molecular weight is 349 g/mol. The molecule has 0 radical (unpaired) electrons. The molecule has 116 valence electrons. The molecule has 1 aromatic heterocycles. The third-order valence-corrected chi connectivity index (χ3v) is 4.03. The maximum atomic E-state index is 12.3. The van der Waals surface area contributed by atoms with Crippen LogP contribution in [-0.4, -0.2) is 9.55 Å². The topological polar surface area (TPSA) is 65.1 Å². The first kappa shape index (κ1) is 15.5. The van der Waals surface area contributed by atoms with Gasteiger partial charge in [0.05, 0.1) is 15.7 Å². The van der Waals surface area contributed by atoms with E-state index >= 15 is 0 Å². The number of aromatic nitrogens is 2. The van der Waals surface area contributed by atoms with Crippen LogP contribution >= 0.6 is 23.2 Å². The predicted octanol–water partition coefficient (Wildman–Crippen LogP) is 3.47. The van der Waals surface area contributed by atoms with Crippen LogP contribution in [0.25, 0.3) is 17.1 Å². The third kappa shape index (κ3) is 2.93. The fraction of sp³-hybridized carbons (Fsp3) is 0.0625. The van der Waals surface area contributed by atoms with Gasteiger partial charge in [-0.15, -0.1) is 0 Å². The lowest BCUT2D eigenvalue weighted by Crippen LogP contribution is -2.33. The number of hydrogen-bond donors (Lipinski definition) is 0. The summed E-state index contributed by atoms with van der Waals surface area (Å²) in [6, 6.07) is 11.5. The molecule has 1 heterocycles. The highest BCUT2D eigenvalue weighted by Crippen LogP contribution is 2.24. The highest BCUT2D eigenvalue weighted by atomic mass is 35.5. The maximum absolute atomic E-state index is 12.3. The molecule has 0 spiro atoms. The Morgan fingerprint density at radius 2 is 1.78 bits per heavy atom. The van der Waals surface area contributed by atoms with Gasteiger partial charge in [-0.2, -0.15) is 9.55 Å². The van der Waals surface area contributed by atoms with E-state index < -0.39 is 11.4 Å². The van der Waals surface area contributed by atoms with Crippen molar-refractivity contribution in [3.05, 3.63) is 79.1 Å². The lowest BCUT2D eigenvalue weighted by Gasteiger charge is -2.06. The molecular weight excluding hydrogens is 339 g/mol. The molecule has 0 aliphatic rings. The lowest BCUT2D eigenvalue weighted by atomic mass is 10.1. The van der Waals surface area contributed by atoms with Gasteiger partial charge in [0.25, 0.3) is 0 Å². The van der Waals surface area contributed by atoms with Gasteiger partial charge >= 0.3 is 11.4 Å². The van der Waals surface area contributed by atoms with Crippen LogP contribution in [0.5, 0.6) is 0 Å². The molecule has 0 saturated carbocycles. The fourth-order valence-electron chi connectivity index (χ4n) is 2.13. The summed E-state index contributed by atoms with van der Waals surface area (Å²) in [5.74, 6) is -0.865. The minimum Gasteiger partial charge on any atom is -0.390 e. The van der Waals surface area contributed by atoms with E-state index in [2.05, 4.69) is 4.98 Å². The quantitative estimate of drug-likeness (QED) is 0.711. The van der Waals surface area contributed by atoms with Crippen molar-refractivity contribution in [3.63, 3.8) is 0 Å². The minimum atomic E-state index is -0.846. The van der Waals surface area contributed by atoms with E-state index in [1.165, 1.54) is 18.2 Å². The molecule has 23 heavy (non-hydrogen) atoms. The van der Waals surface area contributed by atoms with Crippen LogP contribution in [0.2, 0.25) is 10.0 Å². The van der Waals surface area contributed by atoms with Crippen molar-refractivity contribution in [1.82, 2.24) is 9.55 Å². The average Bonchev–Trinajstić information content (AvgIpc) is 2.50. The zero-order valence-corrected chi connectivity index (χ0v) is 13.4. The van der Waals surface area contributed by atoms with Crippen molar-refractivity contribution in [2.75, 3.05) is 0 Å². The first-order valence-electron chi connectivity index (χ1n) is 6.63. The SMILES string of the molecule is Cc1ccccc1-c1nc(=O)n(-c2ccc(Cl)c(Cl)c2)c(=O)o1. The first-order chi connectivity index (χ1) is 11.0. The summed E-state index contributed by atoms with van der Waals surface area (Å²) in [4.78, 5) is 28.3. The molecule has 5 nitrogen and oxygen atoms in total. The summed E-state index contributed by atoms with van der Waals surface area (Å²) in [5, 5.41) is 0.538. The second kappa shape index (κ2) is 6.02. The molecule has 3 aromatic rings. The largest absolute Gasteiger partial charge is 0.429 e. The molecule has 0 aliphatic heterocycles. The summed E-state index contributed by atoms with van der Waals surface area (Å²) < 4.78 is 6.00. The number of benzene rings is 2. The summed E-state index contributed by atoms with van der Waals surface area (Å²) in [6.07, 6.45) is 0. The van der Waals surface area contributed by atoms with Crippen molar-refractivity contribution in [2.45, 2.75) is 6.92 Å². The van der Waals surface area contributed by atoms with Crippen molar-refractivity contribution in [1.29, 1.82) is 0 Å². The molecule has 0 bridgehead atoms. The molecule has 3 rings (SSSR count). The normalized spacial score (nSPS) is 10.7. The number of hydrogen-bond acceptors (Lipinski definition) is 4. The zero-order valence-electron chi connectivity index (χ0n) is 11.9. The van der Waals surface area contributed by atoms with E-state index in [9.17, 15) is 9.59 Å². The van der Waals surface area contributed by atoms with E-state index in [0.717, 1.165) is 10.1 Å². The van der Waals surface area contributed by atoms with Crippen LogP contribution in [0.1, 0.15) is 5.56 Å². The van der Waals surface area contributed by atoms with Crippen molar-refractivity contribution in [3.8, 4) is 17.1 Å². The van der Waals surface area contributed by atoms with Crippen molar-refractivity contribution < 1.29 is 4.42 Å². The van der Waals surface area contributed by atoms with Crippen LogP contribution in [0.3, 0.4) is 0 Å². The number of halogens is 2. The van der Waals surface area contributed by atoms with Gasteiger partial charge < -0.3 is 4.42 Å². The van der Waals surface area contributed by atoms with Crippen LogP contribution < -0.4 is 11.4 Å². The Hall–Kier alpha value is -2.37. The molecule has 0 aliphatic carbocycles. The standard InChI is InChI=1S/C16H10Cl2N2O3/c1-9-4-2-3-5-11(9)14-19-15(21)20(16(22)23-14)10-6-7-12(17)13(18)8-10/h2-8H,1H3. The van der Waals surface area contributed by atoms with E-state index in [1.54, 1.807) is 12.1 Å². The number of rotatable bonds is 2. The van der Waals surface area contributed by atoms with Gasteiger partial charge in [0.15, 0.2) is 0 Å². The summed E-state index contributed by atoms with van der Waals surface area (Å²) in [6.45, 7) is 1.83. The van der Waals surface area contributed by atoms with Crippen LogP contribution in [0.15, 0.2) is 56.5 Å². The molecule has 0 fully saturated rings. The summed E-state index contributed by atoms with van der Waals surface area (Å²) in [7, 11) is 0. The highest BCUT2D eigenvalue weighted by molar-refractivity contribution is 6.42. The van der Waals surface area contributed by atoms with Crippen molar-refractivity contribution in [2.24, 2.45) is 0 Å². The van der Waals surface area contributed by atoms with Gasteiger partial charge in [0.2, 0.25) is 5.89 Å². The van der Waals surface area contributed by atoms with E-state index in [4.69, 9.17) is 27.6 Å². The molecule has 2 aromatic carbocycles. The van der Waals surface area contributed by atoms with Gasteiger partial charge in [-0.25, -0.2) is 9.59 Å². The molecule has 0 atom stereocenters. The predicted molar refractivity (Wildman–Crippen MR) is 88.6 cm³/mol. The monoisotopic (exact) mass is 348 g/mol. The van der Waals surface area contributed by atoms with Crippen molar-refractivity contribution >= 4 is 23.2 Å². The van der Waals surface area contributed by atoms with E-state index in [-0.39, 0.29) is 16.6 Å². The number of aryl methyl sites for hydroxylation is 1. The van der Waals surface area contributed by atoms with Gasteiger partial charge in [0, 0.05) is 5.56 Å². The van der Waals surface area contributed by atoms with Gasteiger partial charge in [-0.05, 0) is 36.8 Å². The Bertz CT molecular complexity index is 977. The van der Waals surface area contributed by atoms with Crippen LogP contribution in [0.4, 0.5) is 0 Å². The van der Waals surface area contributed by atoms with Gasteiger partial charge in [0.1, 0.15) is 0 Å². The third-order valence-electron chi connectivity index (χ3n) is 3.29. The maximum Gasteiger partial charge on any atom is 0.429 e. The second-order valence-corrected chi connectivity index (χ2v) is 5.63. The highest BCUT2D eigenvalue weighted by Gasteiger charge is 2.14. The Balaban J connectivity index is 2.19. The summed E-state index contributed by atoms with van der Waals surface area (Å²) in [5.41, 5.74) is 0.915. The van der Waals surface area contributed by atoms with Gasteiger partial charge in [-0.3, -0.25) is 0 Å². The lowest BCUT2D eigenvalue weighted by molar-refractivity contribution is 0.448. The molecule has 7 heteroatoms. The second-order valence-electron chi connectivity index (χ2n) is 4.82. The van der Waals surface area contributed by atoms with Crippen LogP contribution in [-0.2, 0) is 0 Å². The molecule has 0 unspecified atom stereocenters. The molecule has 0 amide bonds. The smallest absolute Gasteiger partial charge is 0.390 e. The fourth-order valence-corrected chi connectivity index (χ4v) is 2.43. The molecule has 0 N–H and O–H groups in total. The Morgan fingerprint density at radius 1 is 1.04 bits per heavy atom. The van der Waals surface area contributed by atoms with Gasteiger partial charge in [-0.1, -0.05) is 41.4 Å². The van der Waals surface area contributed by atoms with E-state index in [0.29, 0.717) is 10.6 Å². The number of nitrogens with zero attached hydrogens (tertiary/aromatic N) is 2. The Kier molecular flexibility index (Phi) is 4.07. The molecular formula is C16H10Cl2N2O3. The first-order valence-corrected chi connectivity index (χ1v) is 7.38. The Labute approximate surface area is 140 Å². The van der Waals surface area contributed by atoms with Crippen LogP contribution in [0, 0.1) is 6.92 Å². The minimum absolute atomic E-state index is 0.0191. The Morgan fingerprint density at radius 3 is 2.43 bits per heavy atom. The zero-order chi connectivity index (χ0) is 16.6.